The Bertz CT molecular complexity index is 373. The largest absolute Gasteiger partial charge is 0.352 e. The van der Waals surface area contributed by atoms with Gasteiger partial charge in [-0.05, 0) is 18.6 Å². The fraction of sp³-hybridized carbons (Fsp3) is 0.364. The van der Waals surface area contributed by atoms with Crippen molar-refractivity contribution >= 4 is 17.6 Å². The maximum Gasteiger partial charge on any atom is 0.252 e. The normalized spacial score (nSPS) is 9.62. The highest BCUT2D eigenvalue weighted by molar-refractivity contribution is 5.94. The Kier molecular flexibility index (Phi) is 4.44. The van der Waals surface area contributed by atoms with E-state index in [1.165, 1.54) is 13.1 Å². The average Bonchev–Trinajstić information content (AvgIpc) is 2.26. The molecule has 0 saturated carbocycles. The number of hydrogen-bond donors (Lipinski definition) is 2. The molecule has 5 heteroatoms. The Morgan fingerprint density at radius 1 is 1.38 bits per heavy atom. The Hall–Kier alpha value is -1.91. The van der Waals surface area contributed by atoms with E-state index in [2.05, 4.69) is 15.6 Å². The second kappa shape index (κ2) is 5.85. The molecule has 0 radical (unpaired) electrons. The molecule has 2 N–H and O–H groups in total. The van der Waals surface area contributed by atoms with E-state index in [0.717, 1.165) is 6.42 Å². The molecule has 5 nitrogen and oxygen atoms in total. The van der Waals surface area contributed by atoms with Crippen LogP contribution in [0.4, 0.5) is 5.82 Å². The van der Waals surface area contributed by atoms with Crippen LogP contribution in [0.2, 0.25) is 0 Å². The van der Waals surface area contributed by atoms with Gasteiger partial charge in [-0.2, -0.15) is 0 Å². The van der Waals surface area contributed by atoms with Gasteiger partial charge in [-0.15, -0.1) is 0 Å². The molecule has 86 valence electrons. The van der Waals surface area contributed by atoms with E-state index >= 15 is 0 Å². The highest BCUT2D eigenvalue weighted by atomic mass is 16.2. The zero-order chi connectivity index (χ0) is 12.0. The number of aromatic nitrogens is 1. The molecule has 0 fully saturated rings. The molecule has 2 amide bonds. The van der Waals surface area contributed by atoms with Crippen LogP contribution >= 0.6 is 0 Å². The van der Waals surface area contributed by atoms with E-state index in [-0.39, 0.29) is 11.8 Å². The fourth-order valence-electron chi connectivity index (χ4n) is 1.12. The Morgan fingerprint density at radius 2 is 2.12 bits per heavy atom. The number of amides is 2. The third-order valence-electron chi connectivity index (χ3n) is 1.87. The summed E-state index contributed by atoms with van der Waals surface area (Å²) in [4.78, 5) is 26.2. The van der Waals surface area contributed by atoms with Crippen LogP contribution in [0.25, 0.3) is 0 Å². The summed E-state index contributed by atoms with van der Waals surface area (Å²) in [6.45, 7) is 4.04. The minimum absolute atomic E-state index is 0.149. The summed E-state index contributed by atoms with van der Waals surface area (Å²) >= 11 is 0. The highest BCUT2D eigenvalue weighted by Crippen LogP contribution is 2.04. The van der Waals surface area contributed by atoms with Crippen molar-refractivity contribution in [3.63, 3.8) is 0 Å². The zero-order valence-electron chi connectivity index (χ0n) is 9.41. The molecular weight excluding hydrogens is 206 g/mol. The molecule has 1 rings (SSSR count). The van der Waals surface area contributed by atoms with E-state index in [4.69, 9.17) is 0 Å². The smallest absolute Gasteiger partial charge is 0.252 e. The number of nitrogens with zero attached hydrogens (tertiary/aromatic N) is 1. The molecule has 16 heavy (non-hydrogen) atoms. The van der Waals surface area contributed by atoms with Crippen LogP contribution < -0.4 is 10.6 Å². The zero-order valence-corrected chi connectivity index (χ0v) is 9.41. The molecule has 1 aromatic heterocycles. The van der Waals surface area contributed by atoms with Gasteiger partial charge >= 0.3 is 0 Å². The van der Waals surface area contributed by atoms with Gasteiger partial charge in [-0.1, -0.05) is 6.92 Å². The van der Waals surface area contributed by atoms with Crippen molar-refractivity contribution < 1.29 is 9.59 Å². The second-order valence-electron chi connectivity index (χ2n) is 3.37. The third-order valence-corrected chi connectivity index (χ3v) is 1.87. The van der Waals surface area contributed by atoms with Gasteiger partial charge in [0.05, 0.1) is 5.56 Å². The van der Waals surface area contributed by atoms with E-state index < -0.39 is 0 Å². The lowest BCUT2D eigenvalue weighted by atomic mass is 10.2. The lowest BCUT2D eigenvalue weighted by molar-refractivity contribution is -0.114. The van der Waals surface area contributed by atoms with Gasteiger partial charge in [-0.25, -0.2) is 4.98 Å². The maximum absolute atomic E-state index is 11.5. The molecule has 0 aliphatic carbocycles. The SMILES string of the molecule is CCCNC(=O)c1ccc(NC(C)=O)nc1. The Balaban J connectivity index is 2.63. The van der Waals surface area contributed by atoms with E-state index in [0.29, 0.717) is 17.9 Å². The van der Waals surface area contributed by atoms with Gasteiger partial charge in [0.25, 0.3) is 5.91 Å². The first-order valence-electron chi connectivity index (χ1n) is 5.15. The quantitative estimate of drug-likeness (QED) is 0.802. The first-order valence-corrected chi connectivity index (χ1v) is 5.15. The lowest BCUT2D eigenvalue weighted by Gasteiger charge is -2.04. The van der Waals surface area contributed by atoms with Gasteiger partial charge in [0, 0.05) is 19.7 Å². The van der Waals surface area contributed by atoms with Crippen molar-refractivity contribution in [1.29, 1.82) is 0 Å². The van der Waals surface area contributed by atoms with Crippen LogP contribution in [-0.4, -0.2) is 23.3 Å². The molecule has 0 bridgehead atoms. The van der Waals surface area contributed by atoms with Crippen LogP contribution in [0.15, 0.2) is 18.3 Å². The monoisotopic (exact) mass is 221 g/mol. The molecule has 1 heterocycles. The number of rotatable bonds is 4. The van der Waals surface area contributed by atoms with Crippen molar-refractivity contribution in [2.24, 2.45) is 0 Å². The molecule has 0 spiro atoms. The average molecular weight is 221 g/mol. The number of pyridine rings is 1. The number of hydrogen-bond acceptors (Lipinski definition) is 3. The summed E-state index contributed by atoms with van der Waals surface area (Å²) in [5.41, 5.74) is 0.488. The van der Waals surface area contributed by atoms with E-state index in [1.807, 2.05) is 6.92 Å². The van der Waals surface area contributed by atoms with Gasteiger partial charge in [0.1, 0.15) is 5.82 Å². The van der Waals surface area contributed by atoms with Gasteiger partial charge in [0.2, 0.25) is 5.91 Å². The van der Waals surface area contributed by atoms with Crippen LogP contribution in [0, 0.1) is 0 Å². The molecule has 0 aromatic carbocycles. The summed E-state index contributed by atoms with van der Waals surface area (Å²) in [7, 11) is 0. The minimum atomic E-state index is -0.185. The van der Waals surface area contributed by atoms with Crippen molar-refractivity contribution in [2.45, 2.75) is 20.3 Å². The lowest BCUT2D eigenvalue weighted by Crippen LogP contribution is -2.24. The first kappa shape index (κ1) is 12.2. The van der Waals surface area contributed by atoms with Crippen molar-refractivity contribution in [2.75, 3.05) is 11.9 Å². The van der Waals surface area contributed by atoms with Gasteiger partial charge < -0.3 is 10.6 Å². The molecule has 0 aliphatic rings. The van der Waals surface area contributed by atoms with Crippen LogP contribution in [0.5, 0.6) is 0 Å². The van der Waals surface area contributed by atoms with E-state index in [9.17, 15) is 9.59 Å². The second-order valence-corrected chi connectivity index (χ2v) is 3.37. The van der Waals surface area contributed by atoms with Crippen molar-refractivity contribution in [3.05, 3.63) is 23.9 Å². The first-order chi connectivity index (χ1) is 7.63. The molecule has 0 atom stereocenters. The Labute approximate surface area is 94.3 Å². The van der Waals surface area contributed by atoms with Crippen LogP contribution in [-0.2, 0) is 4.79 Å². The third kappa shape index (κ3) is 3.68. The van der Waals surface area contributed by atoms with Crippen molar-refractivity contribution in [3.8, 4) is 0 Å². The molecular formula is C11H15N3O2. The minimum Gasteiger partial charge on any atom is -0.352 e. The number of nitrogens with one attached hydrogen (secondary N) is 2. The summed E-state index contributed by atoms with van der Waals surface area (Å²) in [5, 5.41) is 5.27. The standard InChI is InChI=1S/C11H15N3O2/c1-3-6-12-11(16)9-4-5-10(13-7-9)14-8(2)15/h4-5,7H,3,6H2,1-2H3,(H,12,16)(H,13,14,15). The van der Waals surface area contributed by atoms with E-state index in [1.54, 1.807) is 12.1 Å². The number of carbonyl (C=O) groups excluding carboxylic acids is 2. The van der Waals surface area contributed by atoms with Crippen LogP contribution in [0.1, 0.15) is 30.6 Å². The number of anilines is 1. The molecule has 0 unspecified atom stereocenters. The predicted molar refractivity (Wildman–Crippen MR) is 61.2 cm³/mol. The van der Waals surface area contributed by atoms with Crippen molar-refractivity contribution in [1.82, 2.24) is 10.3 Å². The summed E-state index contributed by atoms with van der Waals surface area (Å²) < 4.78 is 0. The summed E-state index contributed by atoms with van der Waals surface area (Å²) in [6, 6.07) is 3.23. The topological polar surface area (TPSA) is 71.1 Å². The number of carbonyl (C=O) groups is 2. The van der Waals surface area contributed by atoms with Crippen LogP contribution in [0.3, 0.4) is 0 Å². The predicted octanol–water partition coefficient (Wildman–Crippen LogP) is 1.18. The molecule has 1 aromatic rings. The van der Waals surface area contributed by atoms with Gasteiger partial charge in [0.15, 0.2) is 0 Å². The van der Waals surface area contributed by atoms with Gasteiger partial charge in [-0.3, -0.25) is 9.59 Å². The fourth-order valence-corrected chi connectivity index (χ4v) is 1.12. The summed E-state index contributed by atoms with van der Waals surface area (Å²) in [6.07, 6.45) is 2.33. The maximum atomic E-state index is 11.5. The Morgan fingerprint density at radius 3 is 2.62 bits per heavy atom. The molecule has 0 saturated heterocycles. The molecule has 0 aliphatic heterocycles. The highest BCUT2D eigenvalue weighted by Gasteiger charge is 2.05. The summed E-state index contributed by atoms with van der Waals surface area (Å²) in [5.74, 6) is 0.110.